The number of likely N-dealkylation sites (tertiary alicyclic amines) is 1. The van der Waals surface area contributed by atoms with Gasteiger partial charge in [0.25, 0.3) is 0 Å². The fourth-order valence-corrected chi connectivity index (χ4v) is 2.41. The van der Waals surface area contributed by atoms with Crippen LogP contribution in [0, 0.1) is 0 Å². The molecule has 0 aliphatic carbocycles. The lowest BCUT2D eigenvalue weighted by Crippen LogP contribution is -2.30. The van der Waals surface area contributed by atoms with Gasteiger partial charge in [-0.3, -0.25) is 4.79 Å². The third kappa shape index (κ3) is 3.96. The minimum Gasteiger partial charge on any atom is -0.338 e. The predicted molar refractivity (Wildman–Crippen MR) is 81.5 cm³/mol. The average molecular weight is 301 g/mol. The highest BCUT2D eigenvalue weighted by Crippen LogP contribution is 2.23. The van der Waals surface area contributed by atoms with Crippen LogP contribution in [0.2, 0.25) is 5.02 Å². The van der Waals surface area contributed by atoms with Crippen molar-refractivity contribution in [3.8, 4) is 0 Å². The van der Waals surface area contributed by atoms with Crippen LogP contribution in [0.1, 0.15) is 18.9 Å². The number of halogens is 2. The zero-order valence-electron chi connectivity index (χ0n) is 10.8. The zero-order chi connectivity index (χ0) is 13.1. The van der Waals surface area contributed by atoms with Crippen LogP contribution in [0.3, 0.4) is 0 Å². The molecule has 19 heavy (non-hydrogen) atoms. The molecule has 1 aromatic carbocycles. The van der Waals surface area contributed by atoms with E-state index in [1.54, 1.807) is 11.0 Å². The van der Waals surface area contributed by atoms with Gasteiger partial charge >= 0.3 is 0 Å². The third-order valence-corrected chi connectivity index (χ3v) is 3.50. The molecule has 2 N–H and O–H groups in total. The lowest BCUT2D eigenvalue weighted by molar-refractivity contribution is -0.125. The monoisotopic (exact) mass is 300 g/mol. The molecule has 0 radical (unpaired) electrons. The second kappa shape index (κ2) is 6.94. The molecule has 1 saturated heterocycles. The molecule has 5 heteroatoms. The Balaban J connectivity index is 0.00000180. The molecular formula is C14H18Cl2N2O. The lowest BCUT2D eigenvalue weighted by Gasteiger charge is -2.14. The Bertz CT molecular complexity index is 488. The van der Waals surface area contributed by atoms with Crippen molar-refractivity contribution >= 4 is 35.5 Å². The highest BCUT2D eigenvalue weighted by atomic mass is 35.5. The number of carbonyl (C=O) groups excluding carboxylic acids is 1. The first kappa shape index (κ1) is 16.0. The molecular weight excluding hydrogens is 283 g/mol. The normalized spacial score (nSPS) is 19.2. The first-order chi connectivity index (χ1) is 8.58. The van der Waals surface area contributed by atoms with Crippen molar-refractivity contribution in [1.82, 2.24) is 4.90 Å². The maximum atomic E-state index is 12.0. The Morgan fingerprint density at radius 2 is 2.16 bits per heavy atom. The summed E-state index contributed by atoms with van der Waals surface area (Å²) in [6.45, 7) is 3.28. The van der Waals surface area contributed by atoms with E-state index >= 15 is 0 Å². The van der Waals surface area contributed by atoms with E-state index in [2.05, 4.69) is 0 Å². The predicted octanol–water partition coefficient (Wildman–Crippen LogP) is 2.72. The Morgan fingerprint density at radius 1 is 1.47 bits per heavy atom. The topological polar surface area (TPSA) is 46.3 Å². The average Bonchev–Trinajstić information content (AvgIpc) is 2.76. The lowest BCUT2D eigenvalue weighted by atomic mass is 10.1. The van der Waals surface area contributed by atoms with Crippen molar-refractivity contribution in [3.05, 3.63) is 40.9 Å². The number of amides is 1. The van der Waals surface area contributed by atoms with Crippen molar-refractivity contribution in [2.75, 3.05) is 13.1 Å². The number of rotatable bonds is 2. The molecule has 1 aliphatic rings. The summed E-state index contributed by atoms with van der Waals surface area (Å²) in [4.78, 5) is 13.8. The molecule has 1 amide bonds. The molecule has 1 unspecified atom stereocenters. The number of carbonyl (C=O) groups is 1. The number of benzene rings is 1. The smallest absolute Gasteiger partial charge is 0.246 e. The van der Waals surface area contributed by atoms with Crippen LogP contribution in [-0.4, -0.2) is 29.9 Å². The number of hydrogen-bond acceptors (Lipinski definition) is 2. The number of nitrogens with zero attached hydrogens (tertiary/aromatic N) is 1. The maximum Gasteiger partial charge on any atom is 0.246 e. The molecule has 0 saturated carbocycles. The molecule has 104 valence electrons. The summed E-state index contributed by atoms with van der Waals surface area (Å²) >= 11 is 6.10. The number of hydrogen-bond donors (Lipinski definition) is 1. The summed E-state index contributed by atoms with van der Waals surface area (Å²) in [5.41, 5.74) is 7.57. The standard InChI is InChI=1S/C14H17ClN2O.ClH/c1-10(12-4-2-3-5-13(12)15)8-14(18)17-7-6-11(16)9-17;/h2-5,8,11H,6-7,9,16H2,1H3;1H/b10-8+;. The molecule has 1 aliphatic heterocycles. The van der Waals surface area contributed by atoms with E-state index in [1.165, 1.54) is 0 Å². The van der Waals surface area contributed by atoms with Crippen LogP contribution in [0.5, 0.6) is 0 Å². The number of allylic oxidation sites excluding steroid dienone is 1. The van der Waals surface area contributed by atoms with E-state index in [1.807, 2.05) is 31.2 Å². The van der Waals surface area contributed by atoms with Crippen LogP contribution in [-0.2, 0) is 4.79 Å². The molecule has 1 fully saturated rings. The fraction of sp³-hybridized carbons (Fsp3) is 0.357. The fourth-order valence-electron chi connectivity index (χ4n) is 2.12. The summed E-state index contributed by atoms with van der Waals surface area (Å²) < 4.78 is 0. The van der Waals surface area contributed by atoms with E-state index in [0.717, 1.165) is 24.1 Å². The molecule has 2 rings (SSSR count). The Morgan fingerprint density at radius 3 is 2.74 bits per heavy atom. The van der Waals surface area contributed by atoms with Crippen molar-refractivity contribution in [2.24, 2.45) is 5.73 Å². The van der Waals surface area contributed by atoms with Crippen molar-refractivity contribution in [1.29, 1.82) is 0 Å². The summed E-state index contributed by atoms with van der Waals surface area (Å²) in [7, 11) is 0. The van der Waals surface area contributed by atoms with E-state index in [4.69, 9.17) is 17.3 Å². The van der Waals surface area contributed by atoms with Crippen molar-refractivity contribution in [2.45, 2.75) is 19.4 Å². The second-order valence-electron chi connectivity index (χ2n) is 4.64. The third-order valence-electron chi connectivity index (χ3n) is 3.18. The zero-order valence-corrected chi connectivity index (χ0v) is 12.4. The first-order valence-electron chi connectivity index (χ1n) is 6.05. The molecule has 0 bridgehead atoms. The SMILES string of the molecule is C/C(=C\C(=O)N1CCC(N)C1)c1ccccc1Cl.Cl. The van der Waals surface area contributed by atoms with Gasteiger partial charge in [-0.15, -0.1) is 12.4 Å². The van der Waals surface area contributed by atoms with Crippen LogP contribution < -0.4 is 5.73 Å². The van der Waals surface area contributed by atoms with Crippen molar-refractivity contribution in [3.63, 3.8) is 0 Å². The Hall–Kier alpha value is -1.03. The number of nitrogens with two attached hydrogens (primary N) is 1. The summed E-state index contributed by atoms with van der Waals surface area (Å²) in [6, 6.07) is 7.64. The molecule has 0 aromatic heterocycles. The minimum absolute atomic E-state index is 0. The van der Waals surface area contributed by atoms with Crippen LogP contribution in [0.4, 0.5) is 0 Å². The first-order valence-corrected chi connectivity index (χ1v) is 6.43. The van der Waals surface area contributed by atoms with Gasteiger partial charge in [0.05, 0.1) is 0 Å². The van der Waals surface area contributed by atoms with E-state index in [0.29, 0.717) is 11.6 Å². The molecule has 3 nitrogen and oxygen atoms in total. The summed E-state index contributed by atoms with van der Waals surface area (Å²) in [6.07, 6.45) is 2.52. The van der Waals surface area contributed by atoms with Gasteiger partial charge in [0, 0.05) is 30.2 Å². The van der Waals surface area contributed by atoms with E-state index in [-0.39, 0.29) is 24.4 Å². The van der Waals surface area contributed by atoms with Gasteiger partial charge in [-0.2, -0.15) is 0 Å². The van der Waals surface area contributed by atoms with Crippen LogP contribution >= 0.6 is 24.0 Å². The largest absolute Gasteiger partial charge is 0.338 e. The highest BCUT2D eigenvalue weighted by Gasteiger charge is 2.22. The van der Waals surface area contributed by atoms with E-state index in [9.17, 15) is 4.79 Å². The van der Waals surface area contributed by atoms with Crippen molar-refractivity contribution < 1.29 is 4.79 Å². The van der Waals surface area contributed by atoms with Gasteiger partial charge in [0.2, 0.25) is 5.91 Å². The van der Waals surface area contributed by atoms with Gasteiger partial charge in [0.15, 0.2) is 0 Å². The minimum atomic E-state index is 0. The van der Waals surface area contributed by atoms with Gasteiger partial charge < -0.3 is 10.6 Å². The van der Waals surface area contributed by atoms with Gasteiger partial charge in [-0.1, -0.05) is 29.8 Å². The maximum absolute atomic E-state index is 12.0. The molecule has 0 spiro atoms. The van der Waals surface area contributed by atoms with Crippen LogP contribution in [0.15, 0.2) is 30.3 Å². The van der Waals surface area contributed by atoms with Gasteiger partial charge in [-0.05, 0) is 30.5 Å². The molecule has 1 heterocycles. The van der Waals surface area contributed by atoms with Gasteiger partial charge in [0.1, 0.15) is 0 Å². The highest BCUT2D eigenvalue weighted by molar-refractivity contribution is 6.32. The summed E-state index contributed by atoms with van der Waals surface area (Å²) in [5, 5.41) is 0.664. The molecule has 1 atom stereocenters. The Labute approximate surface area is 124 Å². The molecule has 1 aromatic rings. The van der Waals surface area contributed by atoms with Gasteiger partial charge in [-0.25, -0.2) is 0 Å². The Kier molecular flexibility index (Phi) is 5.85. The van der Waals surface area contributed by atoms with E-state index < -0.39 is 0 Å². The quantitative estimate of drug-likeness (QED) is 0.854. The second-order valence-corrected chi connectivity index (χ2v) is 5.05. The van der Waals surface area contributed by atoms with Crippen LogP contribution in [0.25, 0.3) is 5.57 Å². The summed E-state index contributed by atoms with van der Waals surface area (Å²) in [5.74, 6) is 0.0142.